The molecular formula is C65H68N20O9S3. The molecule has 7 aromatic rings. The first-order valence-electron chi connectivity index (χ1n) is 31.6. The molecule has 3 aromatic heterocycles. The topological polar surface area (TPSA) is 352 Å². The van der Waals surface area contributed by atoms with Gasteiger partial charge in [0, 0.05) is 76.8 Å². The normalized spacial score (nSPS) is 15.2. The van der Waals surface area contributed by atoms with E-state index in [0.717, 1.165) is 83.5 Å². The van der Waals surface area contributed by atoms with Gasteiger partial charge in [0.1, 0.15) is 39.7 Å². The number of anilines is 9. The molecule has 0 bridgehead atoms. The second kappa shape index (κ2) is 30.1. The van der Waals surface area contributed by atoms with Crippen LogP contribution in [0.1, 0.15) is 117 Å². The average Bonchev–Trinajstić information content (AvgIpc) is 1.61. The minimum Gasteiger partial charge on any atom is -0.395 e. The molecule has 97 heavy (non-hydrogen) atoms. The predicted molar refractivity (Wildman–Crippen MR) is 369 cm³/mol. The van der Waals surface area contributed by atoms with E-state index in [0.29, 0.717) is 101 Å². The van der Waals surface area contributed by atoms with Gasteiger partial charge in [0.2, 0.25) is 33.9 Å². The summed E-state index contributed by atoms with van der Waals surface area (Å²) in [6.45, 7) is 20.9. The van der Waals surface area contributed by atoms with Gasteiger partial charge in [-0.1, -0.05) is 47.4 Å². The Balaban J connectivity index is 0.958. The van der Waals surface area contributed by atoms with Crippen molar-refractivity contribution in [1.82, 2.24) is 34.7 Å². The Bertz CT molecular complexity index is 4480. The van der Waals surface area contributed by atoms with E-state index in [2.05, 4.69) is 40.4 Å². The van der Waals surface area contributed by atoms with Crippen molar-refractivity contribution in [3.63, 3.8) is 0 Å². The number of aromatic nitrogens is 5. The summed E-state index contributed by atoms with van der Waals surface area (Å²) >= 11 is 2.18. The Morgan fingerprint density at radius 1 is 0.619 bits per heavy atom. The smallest absolute Gasteiger partial charge is 0.334 e. The zero-order valence-corrected chi connectivity index (χ0v) is 55.9. The molecule has 0 spiro atoms. The molecule has 0 saturated carbocycles. The molecule has 32 heteroatoms. The van der Waals surface area contributed by atoms with E-state index in [9.17, 15) is 47.6 Å². The van der Waals surface area contributed by atoms with Gasteiger partial charge in [-0.3, -0.25) is 14.1 Å². The van der Waals surface area contributed by atoms with Crippen molar-refractivity contribution in [2.75, 3.05) is 114 Å². The van der Waals surface area contributed by atoms with Crippen molar-refractivity contribution in [3.05, 3.63) is 134 Å². The molecule has 500 valence electrons. The number of aliphatic hydroxyl groups is 2. The highest BCUT2D eigenvalue weighted by Gasteiger charge is 2.44. The van der Waals surface area contributed by atoms with Crippen molar-refractivity contribution >= 4 is 142 Å². The number of nitrogens with one attached hydrogen (secondary N) is 2. The number of piperidine rings is 2. The Hall–Kier alpha value is -10.5. The van der Waals surface area contributed by atoms with E-state index in [4.69, 9.17) is 41.7 Å². The number of nitrogens with zero attached hydrogens (tertiary/aromatic N) is 18. The van der Waals surface area contributed by atoms with Gasteiger partial charge in [-0.15, -0.1) is 20.5 Å². The monoisotopic (exact) mass is 1370 g/mol. The first-order chi connectivity index (χ1) is 47.0. The molecule has 29 nitrogen and oxygen atoms in total. The number of benzene rings is 4. The van der Waals surface area contributed by atoms with Crippen LogP contribution >= 0.6 is 22.7 Å². The summed E-state index contributed by atoms with van der Waals surface area (Å²) < 4.78 is 34.6. The first-order valence-corrected chi connectivity index (χ1v) is 34.7. The molecule has 0 unspecified atom stereocenters. The number of carbonyl (C=O) groups excluding carboxylic acids is 4. The molecule has 0 radical (unpaired) electrons. The van der Waals surface area contributed by atoms with Gasteiger partial charge in [0.25, 0.3) is 21.9 Å². The lowest BCUT2D eigenvalue weighted by Crippen LogP contribution is -2.31. The molecule has 0 atom stereocenters. The van der Waals surface area contributed by atoms with E-state index in [1.165, 1.54) is 24.3 Å². The van der Waals surface area contributed by atoms with E-state index >= 15 is 0 Å². The molecule has 5 N–H and O–H groups in total. The molecule has 2 saturated heterocycles. The Morgan fingerprint density at radius 3 is 1.55 bits per heavy atom. The number of thiazole rings is 2. The number of hydrogen-bond donors (Lipinski definition) is 5. The summed E-state index contributed by atoms with van der Waals surface area (Å²) in [4.78, 5) is 94.4. The number of rotatable bonds is 26. The lowest BCUT2D eigenvalue weighted by atomic mass is 10.1. The molecule has 0 aliphatic carbocycles. The summed E-state index contributed by atoms with van der Waals surface area (Å²) in [6.07, 6.45) is 8.33. The highest BCUT2D eigenvalue weighted by molar-refractivity contribution is 7.86. The Kier molecular flexibility index (Phi) is 21.1. The van der Waals surface area contributed by atoms with Crippen molar-refractivity contribution < 1.29 is 42.4 Å². The van der Waals surface area contributed by atoms with Crippen molar-refractivity contribution in [3.8, 4) is 6.07 Å². The van der Waals surface area contributed by atoms with Crippen LogP contribution in [0, 0.1) is 17.9 Å². The number of carbonyl (C=O) groups is 4. The van der Waals surface area contributed by atoms with Crippen LogP contribution in [0.3, 0.4) is 0 Å². The molecule has 4 amide bonds. The summed E-state index contributed by atoms with van der Waals surface area (Å²) in [5.41, 5.74) is 2.24. The van der Waals surface area contributed by atoms with E-state index < -0.39 is 49.9 Å². The molecule has 4 aliphatic rings. The SMILES string of the molecule is [C-]#[N+]/C(=C\c1sc(N=Nc2ccc(N(CC)CC)cc2Nc2nc(Nc3cc(N(CC)CC)ccc3N=Nc3nc(N4CCCCC4)c(/C=C(\C#N)N4C(=O)c5cccc(S(=O)(=O)O)c5C4=O)s3)nc(N(CCO)CCO)n2)nc1N1CCCCC1)N1C(=O)c2ccccc2C1=O. The minimum absolute atomic E-state index is 0.00756. The van der Waals surface area contributed by atoms with Crippen LogP contribution < -0.4 is 35.1 Å². The number of allylic oxidation sites excluding steroid dienone is 1. The quantitative estimate of drug-likeness (QED) is 0.0111. The second-order valence-electron chi connectivity index (χ2n) is 22.4. The third kappa shape index (κ3) is 14.5. The maximum atomic E-state index is 13.9. The van der Waals surface area contributed by atoms with Gasteiger partial charge >= 0.3 is 11.8 Å². The zero-order chi connectivity index (χ0) is 68.5. The van der Waals surface area contributed by atoms with Crippen LogP contribution in [0.4, 0.5) is 73.9 Å². The number of aliphatic hydroxyl groups excluding tert-OH is 2. The zero-order valence-electron chi connectivity index (χ0n) is 53.5. The van der Waals surface area contributed by atoms with E-state index in [1.54, 1.807) is 41.3 Å². The highest BCUT2D eigenvalue weighted by Crippen LogP contribution is 2.43. The molecule has 11 rings (SSSR count). The van der Waals surface area contributed by atoms with Crippen molar-refractivity contribution in [2.24, 2.45) is 20.5 Å². The average molecular weight is 1370 g/mol. The number of imide groups is 2. The van der Waals surface area contributed by atoms with Crippen LogP contribution in [0.15, 0.2) is 116 Å². The minimum atomic E-state index is -4.94. The second-order valence-corrected chi connectivity index (χ2v) is 25.8. The summed E-state index contributed by atoms with van der Waals surface area (Å²) in [5, 5.41) is 57.0. The van der Waals surface area contributed by atoms with Crippen LogP contribution in [0.5, 0.6) is 0 Å². The van der Waals surface area contributed by atoms with Crippen LogP contribution in [-0.4, -0.2) is 160 Å². The summed E-state index contributed by atoms with van der Waals surface area (Å²) in [5.74, 6) is -2.35. The van der Waals surface area contributed by atoms with Crippen molar-refractivity contribution in [1.29, 1.82) is 5.26 Å². The fraction of sp³-hybridized carbons (Fsp3) is 0.338. The number of amides is 4. The lowest BCUT2D eigenvalue weighted by Gasteiger charge is -2.27. The number of hydrogen-bond acceptors (Lipinski definition) is 27. The van der Waals surface area contributed by atoms with Gasteiger partial charge in [-0.25, -0.2) is 14.5 Å². The third-order valence-corrected chi connectivity index (χ3v) is 19.2. The molecule has 4 aromatic carbocycles. The van der Waals surface area contributed by atoms with Crippen molar-refractivity contribution in [2.45, 2.75) is 71.1 Å². The Morgan fingerprint density at radius 2 is 1.09 bits per heavy atom. The predicted octanol–water partition coefficient (Wildman–Crippen LogP) is 11.5. The van der Waals surface area contributed by atoms with Gasteiger partial charge < -0.3 is 50.2 Å². The summed E-state index contributed by atoms with van der Waals surface area (Å²) in [6, 6.07) is 22.9. The van der Waals surface area contributed by atoms with Gasteiger partial charge in [0.15, 0.2) is 0 Å². The number of fused-ring (bicyclic) bond motifs is 2. The van der Waals surface area contributed by atoms with E-state index in [1.807, 2.05) is 62.9 Å². The largest absolute Gasteiger partial charge is 0.395 e. The number of nitriles is 1. The van der Waals surface area contributed by atoms with E-state index in [-0.39, 0.29) is 76.9 Å². The highest BCUT2D eigenvalue weighted by atomic mass is 32.2. The maximum Gasteiger partial charge on any atom is 0.334 e. The van der Waals surface area contributed by atoms with Crippen LogP contribution in [0.25, 0.3) is 17.0 Å². The van der Waals surface area contributed by atoms with Gasteiger partial charge in [-0.2, -0.15) is 43.5 Å². The first kappa shape index (κ1) is 67.9. The third-order valence-electron chi connectivity index (χ3n) is 16.6. The van der Waals surface area contributed by atoms with Crippen LogP contribution in [-0.2, 0) is 10.1 Å². The molecule has 2 fully saturated rings. The standard InChI is InChI=1S/C65H68N20O9S3/c1-6-79(7-2)40-23-25-46(75-77-64-70-55(81-27-14-10-15-28-81)50(95-64)37-42(39-66)84-59(90)45-21-18-22-52(97(92,93)94)54(45)60(84)91)48(35-40)68-61-72-62(74-63(73-61)83(31-33-86)32-34-87)69-49-36-41(80(8-3)9-4)24-26-47(49)76-78-65-71-56(82-29-16-11-17-30-82)51(96-65)38-53(67-5)85-57(88)43-19-12-13-20-44(43)58(85)89/h12-13,18-26,35-38,86-87H,6-11,14-17,27-34H2,1-4H3,(H,92,93,94)(H2,68,69,72,73,74)/b42-37+,53-38+,77-75?,78-76?. The fourth-order valence-electron chi connectivity index (χ4n) is 11.8. The number of azo groups is 2. The lowest BCUT2D eigenvalue weighted by molar-refractivity contribution is 0.0694. The summed E-state index contributed by atoms with van der Waals surface area (Å²) in [7, 11) is -4.94. The maximum absolute atomic E-state index is 13.9. The molecule has 4 aliphatic heterocycles. The molecule has 7 heterocycles. The van der Waals surface area contributed by atoms with Crippen LogP contribution in [0.2, 0.25) is 0 Å². The fourth-order valence-corrected chi connectivity index (χ4v) is 14.2. The van der Waals surface area contributed by atoms with Gasteiger partial charge in [-0.05, 0) is 139 Å². The van der Waals surface area contributed by atoms with Gasteiger partial charge in [0.05, 0.1) is 56.6 Å². The molecular weight excluding hydrogens is 1300 g/mol. The Labute approximate surface area is 567 Å².